The van der Waals surface area contributed by atoms with Crippen molar-refractivity contribution in [2.24, 2.45) is 5.41 Å². The Morgan fingerprint density at radius 3 is 2.65 bits per heavy atom. The Kier molecular flexibility index (Phi) is 2.25. The monoisotopic (exact) mass is 228 g/mol. The molecule has 0 bridgehead atoms. The predicted molar refractivity (Wildman–Crippen MR) is 66.2 cm³/mol. The summed E-state index contributed by atoms with van der Waals surface area (Å²) < 4.78 is 5.37. The van der Waals surface area contributed by atoms with Crippen LogP contribution in [0.2, 0.25) is 0 Å². The van der Waals surface area contributed by atoms with Gasteiger partial charge in [0.2, 0.25) is 0 Å². The number of hydrogen-bond donors (Lipinski definition) is 0. The van der Waals surface area contributed by atoms with E-state index in [-0.39, 0.29) is 0 Å². The molecule has 3 rings (SSSR count). The van der Waals surface area contributed by atoms with Gasteiger partial charge in [0.05, 0.1) is 24.4 Å². The third kappa shape index (κ3) is 1.56. The van der Waals surface area contributed by atoms with Crippen molar-refractivity contribution in [2.75, 3.05) is 25.1 Å². The van der Waals surface area contributed by atoms with Crippen LogP contribution in [0.1, 0.15) is 24.8 Å². The number of nitrogens with zero attached hydrogens (tertiary/aromatic N) is 2. The summed E-state index contributed by atoms with van der Waals surface area (Å²) >= 11 is 0. The van der Waals surface area contributed by atoms with E-state index in [0.29, 0.717) is 11.0 Å². The van der Waals surface area contributed by atoms with E-state index in [1.54, 1.807) is 7.11 Å². The molecule has 1 aliphatic carbocycles. The molecule has 1 saturated heterocycles. The molecule has 17 heavy (non-hydrogen) atoms. The third-order valence-corrected chi connectivity index (χ3v) is 4.12. The average Bonchev–Trinajstić information content (AvgIpc) is 2.25. The highest BCUT2D eigenvalue weighted by Crippen LogP contribution is 2.50. The van der Waals surface area contributed by atoms with Crippen molar-refractivity contribution in [1.29, 1.82) is 5.26 Å². The van der Waals surface area contributed by atoms with Crippen molar-refractivity contribution in [3.05, 3.63) is 23.8 Å². The number of ether oxygens (including phenoxy) is 1. The van der Waals surface area contributed by atoms with Gasteiger partial charge in [0.25, 0.3) is 0 Å². The highest BCUT2D eigenvalue weighted by atomic mass is 16.5. The molecule has 0 amide bonds. The van der Waals surface area contributed by atoms with Crippen molar-refractivity contribution in [3.63, 3.8) is 0 Å². The summed E-state index contributed by atoms with van der Waals surface area (Å²) in [7, 11) is 1.67. The van der Waals surface area contributed by atoms with Gasteiger partial charge in [0, 0.05) is 24.6 Å². The summed E-state index contributed by atoms with van der Waals surface area (Å²) in [4.78, 5) is 2.36. The Morgan fingerprint density at radius 2 is 2.12 bits per heavy atom. The summed E-state index contributed by atoms with van der Waals surface area (Å²) in [6, 6.07) is 7.83. The molecule has 2 fully saturated rings. The Labute approximate surface area is 102 Å². The van der Waals surface area contributed by atoms with E-state index in [4.69, 9.17) is 10.00 Å². The van der Waals surface area contributed by atoms with E-state index < -0.39 is 0 Å². The lowest BCUT2D eigenvalue weighted by Gasteiger charge is -2.57. The fourth-order valence-corrected chi connectivity index (χ4v) is 2.94. The quantitative estimate of drug-likeness (QED) is 0.780. The lowest BCUT2D eigenvalue weighted by atomic mass is 9.63. The number of nitriles is 1. The fraction of sp³-hybridized carbons (Fsp3) is 0.500. The van der Waals surface area contributed by atoms with Crippen LogP contribution in [0.25, 0.3) is 0 Å². The van der Waals surface area contributed by atoms with Crippen LogP contribution in [0.15, 0.2) is 18.2 Å². The average molecular weight is 228 g/mol. The number of benzene rings is 1. The van der Waals surface area contributed by atoms with E-state index in [2.05, 4.69) is 11.0 Å². The molecule has 0 radical (unpaired) electrons. The van der Waals surface area contributed by atoms with Crippen molar-refractivity contribution < 1.29 is 4.74 Å². The maximum atomic E-state index is 8.87. The second kappa shape index (κ2) is 3.66. The van der Waals surface area contributed by atoms with Crippen molar-refractivity contribution in [3.8, 4) is 11.8 Å². The Hall–Kier alpha value is -1.69. The van der Waals surface area contributed by atoms with Crippen LogP contribution < -0.4 is 9.64 Å². The Bertz CT molecular complexity index is 477. The second-order valence-corrected chi connectivity index (χ2v) is 5.21. The van der Waals surface area contributed by atoms with E-state index >= 15 is 0 Å². The molecule has 2 aliphatic rings. The normalized spacial score (nSPS) is 20.4. The van der Waals surface area contributed by atoms with Gasteiger partial charge >= 0.3 is 0 Å². The molecular formula is C14H16N2O. The van der Waals surface area contributed by atoms with E-state index in [0.717, 1.165) is 24.5 Å². The van der Waals surface area contributed by atoms with Crippen molar-refractivity contribution in [1.82, 2.24) is 0 Å². The van der Waals surface area contributed by atoms with Gasteiger partial charge in [0.1, 0.15) is 5.75 Å². The summed E-state index contributed by atoms with van der Waals surface area (Å²) in [6.07, 6.45) is 4.14. The predicted octanol–water partition coefficient (Wildman–Crippen LogP) is 2.56. The van der Waals surface area contributed by atoms with Gasteiger partial charge in [0.15, 0.2) is 0 Å². The van der Waals surface area contributed by atoms with Crippen LogP contribution in [0, 0.1) is 16.7 Å². The standard InChI is InChI=1S/C14H16N2O/c1-17-13-7-11(8-15)3-4-12(13)16-9-14(10-16)5-2-6-14/h3-4,7H,2,5-6,9-10H2,1H3. The zero-order valence-electron chi connectivity index (χ0n) is 10.1. The largest absolute Gasteiger partial charge is 0.495 e. The third-order valence-electron chi connectivity index (χ3n) is 4.12. The molecule has 1 saturated carbocycles. The number of anilines is 1. The van der Waals surface area contributed by atoms with E-state index in [9.17, 15) is 0 Å². The summed E-state index contributed by atoms with van der Waals surface area (Å²) in [5, 5.41) is 8.87. The summed E-state index contributed by atoms with van der Waals surface area (Å²) in [6.45, 7) is 2.30. The molecule has 0 N–H and O–H groups in total. The van der Waals surface area contributed by atoms with Crippen LogP contribution in [0.4, 0.5) is 5.69 Å². The lowest BCUT2D eigenvalue weighted by molar-refractivity contribution is 0.0899. The van der Waals surface area contributed by atoms with Gasteiger partial charge in [-0.1, -0.05) is 6.42 Å². The summed E-state index contributed by atoms with van der Waals surface area (Å²) in [5.41, 5.74) is 2.40. The maximum absolute atomic E-state index is 8.87. The van der Waals surface area contributed by atoms with Gasteiger partial charge in [-0.05, 0) is 25.0 Å². The van der Waals surface area contributed by atoms with Gasteiger partial charge < -0.3 is 9.64 Å². The zero-order valence-corrected chi connectivity index (χ0v) is 10.1. The molecule has 1 aliphatic heterocycles. The molecule has 0 unspecified atom stereocenters. The van der Waals surface area contributed by atoms with Crippen LogP contribution in [-0.4, -0.2) is 20.2 Å². The van der Waals surface area contributed by atoms with Gasteiger partial charge in [-0.15, -0.1) is 0 Å². The first-order valence-electron chi connectivity index (χ1n) is 6.09. The first kappa shape index (κ1) is 10.5. The molecule has 88 valence electrons. The van der Waals surface area contributed by atoms with Crippen LogP contribution in [0.3, 0.4) is 0 Å². The van der Waals surface area contributed by atoms with Crippen LogP contribution in [0.5, 0.6) is 5.75 Å². The van der Waals surface area contributed by atoms with Crippen molar-refractivity contribution >= 4 is 5.69 Å². The molecule has 3 nitrogen and oxygen atoms in total. The van der Waals surface area contributed by atoms with Crippen LogP contribution in [-0.2, 0) is 0 Å². The number of hydrogen-bond acceptors (Lipinski definition) is 3. The SMILES string of the molecule is COc1cc(C#N)ccc1N1CC2(CCC2)C1. The lowest BCUT2D eigenvalue weighted by Crippen LogP contribution is -2.59. The second-order valence-electron chi connectivity index (χ2n) is 5.21. The molecule has 3 heteroatoms. The highest BCUT2D eigenvalue weighted by molar-refractivity contribution is 5.63. The van der Waals surface area contributed by atoms with Gasteiger partial charge in [-0.3, -0.25) is 0 Å². The molecule has 1 heterocycles. The molecular weight excluding hydrogens is 212 g/mol. The topological polar surface area (TPSA) is 36.3 Å². The Morgan fingerprint density at radius 1 is 1.35 bits per heavy atom. The van der Waals surface area contributed by atoms with E-state index in [1.807, 2.05) is 18.2 Å². The maximum Gasteiger partial charge on any atom is 0.143 e. The highest BCUT2D eigenvalue weighted by Gasteiger charge is 2.47. The van der Waals surface area contributed by atoms with Gasteiger partial charge in [-0.25, -0.2) is 0 Å². The first-order chi connectivity index (χ1) is 8.26. The first-order valence-corrected chi connectivity index (χ1v) is 6.09. The number of methoxy groups -OCH3 is 1. The minimum absolute atomic E-state index is 0.610. The smallest absolute Gasteiger partial charge is 0.143 e. The molecule has 1 aromatic carbocycles. The minimum atomic E-state index is 0.610. The summed E-state index contributed by atoms with van der Waals surface area (Å²) in [5.74, 6) is 0.818. The molecule has 0 aromatic heterocycles. The fourth-order valence-electron chi connectivity index (χ4n) is 2.94. The van der Waals surface area contributed by atoms with E-state index in [1.165, 1.54) is 19.3 Å². The zero-order chi connectivity index (χ0) is 11.9. The minimum Gasteiger partial charge on any atom is -0.495 e. The van der Waals surface area contributed by atoms with Crippen LogP contribution >= 0.6 is 0 Å². The van der Waals surface area contributed by atoms with Gasteiger partial charge in [-0.2, -0.15) is 5.26 Å². The molecule has 1 aromatic rings. The van der Waals surface area contributed by atoms with Crippen molar-refractivity contribution in [2.45, 2.75) is 19.3 Å². The molecule has 1 spiro atoms. The number of rotatable bonds is 2. The Balaban J connectivity index is 1.81. The molecule has 0 atom stereocenters.